The molecule has 0 spiro atoms. The fraction of sp³-hybridized carbons (Fsp3) is 0.278. The number of nitrogens with zero attached hydrogens (tertiary/aromatic N) is 1. The monoisotopic (exact) mass is 349 g/mol. The van der Waals surface area contributed by atoms with Crippen LogP contribution in [0.2, 0.25) is 10.0 Å². The van der Waals surface area contributed by atoms with Gasteiger partial charge in [-0.05, 0) is 36.6 Å². The standard InChI is InChI=1S/C18H17Cl2NO2/c1-2-5-17(22)21-9-8-12-6-3-4-7-16(12)23-18-14(20)10-13(19)11-15(18)21/h3-4,6-7,10-11H,2,5,8-9H2,1H3. The third-order valence-electron chi connectivity index (χ3n) is 3.83. The third-order valence-corrected chi connectivity index (χ3v) is 4.33. The van der Waals surface area contributed by atoms with Gasteiger partial charge in [0.1, 0.15) is 5.75 Å². The molecule has 0 N–H and O–H groups in total. The minimum absolute atomic E-state index is 0.0510. The van der Waals surface area contributed by atoms with Crippen molar-refractivity contribution in [1.82, 2.24) is 0 Å². The number of para-hydroxylation sites is 1. The summed E-state index contributed by atoms with van der Waals surface area (Å²) < 4.78 is 6.04. The van der Waals surface area contributed by atoms with Crippen LogP contribution in [0.5, 0.6) is 11.5 Å². The van der Waals surface area contributed by atoms with E-state index in [0.717, 1.165) is 24.2 Å². The lowest BCUT2D eigenvalue weighted by Gasteiger charge is -2.29. The lowest BCUT2D eigenvalue weighted by Crippen LogP contribution is -2.33. The van der Waals surface area contributed by atoms with E-state index >= 15 is 0 Å². The van der Waals surface area contributed by atoms with Crippen molar-refractivity contribution in [3.05, 3.63) is 52.0 Å². The second kappa shape index (κ2) is 6.81. The van der Waals surface area contributed by atoms with E-state index in [4.69, 9.17) is 27.9 Å². The number of rotatable bonds is 2. The van der Waals surface area contributed by atoms with E-state index in [2.05, 4.69) is 0 Å². The van der Waals surface area contributed by atoms with Gasteiger partial charge in [-0.3, -0.25) is 4.79 Å². The van der Waals surface area contributed by atoms with Gasteiger partial charge in [-0.2, -0.15) is 0 Å². The Bertz CT molecular complexity index is 746. The van der Waals surface area contributed by atoms with Crippen LogP contribution in [0.25, 0.3) is 0 Å². The summed E-state index contributed by atoms with van der Waals surface area (Å²) in [4.78, 5) is 14.3. The Morgan fingerprint density at radius 3 is 2.83 bits per heavy atom. The highest BCUT2D eigenvalue weighted by Crippen LogP contribution is 2.43. The van der Waals surface area contributed by atoms with Gasteiger partial charge in [0.15, 0.2) is 5.75 Å². The van der Waals surface area contributed by atoms with E-state index in [1.807, 2.05) is 31.2 Å². The molecule has 0 aromatic heterocycles. The number of halogens is 2. The largest absolute Gasteiger partial charge is 0.453 e. The summed E-state index contributed by atoms with van der Waals surface area (Å²) in [7, 11) is 0. The lowest BCUT2D eigenvalue weighted by atomic mass is 10.1. The number of carbonyl (C=O) groups is 1. The normalized spacial score (nSPS) is 13.4. The van der Waals surface area contributed by atoms with Crippen molar-refractivity contribution in [2.45, 2.75) is 26.2 Å². The lowest BCUT2D eigenvalue weighted by molar-refractivity contribution is -0.118. The molecule has 0 aliphatic carbocycles. The zero-order valence-electron chi connectivity index (χ0n) is 12.8. The average Bonchev–Trinajstić information content (AvgIpc) is 2.50. The second-order valence-electron chi connectivity index (χ2n) is 5.49. The molecule has 1 aliphatic rings. The molecule has 3 nitrogen and oxygen atoms in total. The molecule has 0 bridgehead atoms. The van der Waals surface area contributed by atoms with E-state index in [1.54, 1.807) is 17.0 Å². The molecule has 1 aliphatic heterocycles. The van der Waals surface area contributed by atoms with Crippen LogP contribution in [0.15, 0.2) is 36.4 Å². The van der Waals surface area contributed by atoms with Gasteiger partial charge in [0.05, 0.1) is 10.7 Å². The van der Waals surface area contributed by atoms with Gasteiger partial charge >= 0.3 is 0 Å². The molecule has 0 saturated carbocycles. The molecule has 2 aromatic rings. The molecule has 0 fully saturated rings. The summed E-state index contributed by atoms with van der Waals surface area (Å²) in [6, 6.07) is 11.2. The number of amides is 1. The van der Waals surface area contributed by atoms with Crippen molar-refractivity contribution < 1.29 is 9.53 Å². The summed E-state index contributed by atoms with van der Waals surface area (Å²) in [6.45, 7) is 2.56. The van der Waals surface area contributed by atoms with Gasteiger partial charge in [-0.1, -0.05) is 48.3 Å². The molecular formula is C18H17Cl2NO2. The Labute approximate surface area is 145 Å². The fourth-order valence-electron chi connectivity index (χ4n) is 2.73. The first-order chi connectivity index (χ1) is 11.1. The van der Waals surface area contributed by atoms with Gasteiger partial charge in [-0.25, -0.2) is 0 Å². The number of fused-ring (bicyclic) bond motifs is 2. The Kier molecular flexibility index (Phi) is 4.79. The van der Waals surface area contributed by atoms with Crippen molar-refractivity contribution >= 4 is 34.8 Å². The predicted octanol–water partition coefficient (Wildman–Crippen LogP) is 5.47. The van der Waals surface area contributed by atoms with Gasteiger partial charge in [0, 0.05) is 18.0 Å². The van der Waals surface area contributed by atoms with Crippen LogP contribution in [0.1, 0.15) is 25.3 Å². The molecule has 5 heteroatoms. The van der Waals surface area contributed by atoms with E-state index in [9.17, 15) is 4.79 Å². The highest BCUT2D eigenvalue weighted by molar-refractivity contribution is 6.36. The number of benzene rings is 2. The van der Waals surface area contributed by atoms with Gasteiger partial charge in [0.2, 0.25) is 5.91 Å². The van der Waals surface area contributed by atoms with Crippen molar-refractivity contribution in [1.29, 1.82) is 0 Å². The van der Waals surface area contributed by atoms with Crippen molar-refractivity contribution in [3.8, 4) is 11.5 Å². The minimum atomic E-state index is 0.0510. The molecule has 3 rings (SSSR count). The molecule has 2 aromatic carbocycles. The summed E-state index contributed by atoms with van der Waals surface area (Å²) in [5, 5.41) is 0.888. The van der Waals surface area contributed by atoms with Crippen molar-refractivity contribution in [3.63, 3.8) is 0 Å². The first-order valence-corrected chi connectivity index (χ1v) is 8.41. The molecule has 0 saturated heterocycles. The minimum Gasteiger partial charge on any atom is -0.453 e. The van der Waals surface area contributed by atoms with Crippen LogP contribution < -0.4 is 9.64 Å². The maximum atomic E-state index is 12.5. The Morgan fingerprint density at radius 1 is 1.26 bits per heavy atom. The van der Waals surface area contributed by atoms with E-state index in [1.165, 1.54) is 0 Å². The zero-order chi connectivity index (χ0) is 16.4. The van der Waals surface area contributed by atoms with Crippen LogP contribution in [-0.4, -0.2) is 12.5 Å². The van der Waals surface area contributed by atoms with Crippen LogP contribution in [0.3, 0.4) is 0 Å². The summed E-state index contributed by atoms with van der Waals surface area (Å²) in [5.74, 6) is 1.29. The molecule has 0 atom stereocenters. The Balaban J connectivity index is 2.13. The Hall–Kier alpha value is -1.71. The number of hydrogen-bond donors (Lipinski definition) is 0. The second-order valence-corrected chi connectivity index (χ2v) is 6.33. The number of anilines is 1. The zero-order valence-corrected chi connectivity index (χ0v) is 14.3. The van der Waals surface area contributed by atoms with Crippen LogP contribution in [0, 0.1) is 0 Å². The summed E-state index contributed by atoms with van der Waals surface area (Å²) >= 11 is 12.5. The van der Waals surface area contributed by atoms with E-state index in [-0.39, 0.29) is 5.91 Å². The maximum Gasteiger partial charge on any atom is 0.227 e. The number of carbonyl (C=O) groups excluding carboxylic acids is 1. The summed E-state index contributed by atoms with van der Waals surface area (Å²) in [5.41, 5.74) is 1.69. The topological polar surface area (TPSA) is 29.5 Å². The quantitative estimate of drug-likeness (QED) is 0.718. The highest BCUT2D eigenvalue weighted by atomic mass is 35.5. The molecular weight excluding hydrogens is 333 g/mol. The number of ether oxygens (including phenoxy) is 1. The highest BCUT2D eigenvalue weighted by Gasteiger charge is 2.25. The number of hydrogen-bond acceptors (Lipinski definition) is 2. The average molecular weight is 350 g/mol. The molecule has 0 unspecified atom stereocenters. The fourth-order valence-corrected chi connectivity index (χ4v) is 3.25. The van der Waals surface area contributed by atoms with E-state index in [0.29, 0.717) is 34.4 Å². The molecule has 120 valence electrons. The van der Waals surface area contributed by atoms with Gasteiger partial charge < -0.3 is 9.64 Å². The van der Waals surface area contributed by atoms with Crippen molar-refractivity contribution in [2.75, 3.05) is 11.4 Å². The molecule has 0 radical (unpaired) electrons. The van der Waals surface area contributed by atoms with E-state index < -0.39 is 0 Å². The molecule has 1 amide bonds. The van der Waals surface area contributed by atoms with Crippen LogP contribution >= 0.6 is 23.2 Å². The molecule has 23 heavy (non-hydrogen) atoms. The van der Waals surface area contributed by atoms with Gasteiger partial charge in [0.25, 0.3) is 0 Å². The first-order valence-electron chi connectivity index (χ1n) is 7.65. The smallest absolute Gasteiger partial charge is 0.227 e. The maximum absolute atomic E-state index is 12.5. The van der Waals surface area contributed by atoms with Crippen LogP contribution in [-0.2, 0) is 11.2 Å². The SMILES string of the molecule is CCCC(=O)N1CCc2ccccc2Oc2c(Cl)cc(Cl)cc21. The summed E-state index contributed by atoms with van der Waals surface area (Å²) in [6.07, 6.45) is 1.98. The van der Waals surface area contributed by atoms with Gasteiger partial charge in [-0.15, -0.1) is 0 Å². The van der Waals surface area contributed by atoms with Crippen LogP contribution in [0.4, 0.5) is 5.69 Å². The molecule has 1 heterocycles. The Morgan fingerprint density at radius 2 is 2.04 bits per heavy atom. The van der Waals surface area contributed by atoms with Crippen molar-refractivity contribution in [2.24, 2.45) is 0 Å². The first kappa shape index (κ1) is 16.2. The third kappa shape index (κ3) is 3.31. The predicted molar refractivity (Wildman–Crippen MR) is 93.9 cm³/mol.